The zero-order valence-electron chi connectivity index (χ0n) is 17.4. The number of anilines is 2. The van der Waals surface area contributed by atoms with Crippen molar-refractivity contribution < 1.29 is 4.79 Å². The van der Waals surface area contributed by atoms with Gasteiger partial charge in [0, 0.05) is 24.3 Å². The Morgan fingerprint density at radius 3 is 2.73 bits per heavy atom. The maximum atomic E-state index is 13.3. The summed E-state index contributed by atoms with van der Waals surface area (Å²) in [5, 5.41) is 13.8. The molecule has 2 N–H and O–H groups in total. The average molecular weight is 422 g/mol. The van der Waals surface area contributed by atoms with E-state index in [4.69, 9.17) is 5.73 Å². The van der Waals surface area contributed by atoms with Gasteiger partial charge in [-0.15, -0.1) is 0 Å². The molecular weight excluding hydrogens is 398 g/mol. The lowest BCUT2D eigenvalue weighted by atomic mass is 9.98. The second-order valence-electron chi connectivity index (χ2n) is 7.76. The van der Waals surface area contributed by atoms with Crippen LogP contribution in [-0.4, -0.2) is 49.7 Å². The van der Waals surface area contributed by atoms with Crippen molar-refractivity contribution in [2.24, 2.45) is 0 Å². The van der Waals surface area contributed by atoms with Crippen molar-refractivity contribution in [3.05, 3.63) is 41.7 Å². The number of piperazine rings is 1. The number of rotatable bonds is 3. The first-order chi connectivity index (χ1) is 14.3. The van der Waals surface area contributed by atoms with E-state index in [-0.39, 0.29) is 11.7 Å². The Morgan fingerprint density at radius 2 is 2.03 bits per heavy atom. The Kier molecular flexibility index (Phi) is 4.92. The predicted octanol–water partition coefficient (Wildman–Crippen LogP) is 2.86. The number of aryl methyl sites for hydroxylation is 1. The molecule has 9 heteroatoms. The summed E-state index contributed by atoms with van der Waals surface area (Å²) in [6.07, 6.45) is 3.37. The zero-order valence-corrected chi connectivity index (χ0v) is 18.2. The summed E-state index contributed by atoms with van der Waals surface area (Å²) in [6.45, 7) is 7.30. The van der Waals surface area contributed by atoms with Crippen molar-refractivity contribution in [3.63, 3.8) is 0 Å². The highest BCUT2D eigenvalue weighted by Gasteiger charge is 2.42. The third-order valence-corrected chi connectivity index (χ3v) is 6.72. The summed E-state index contributed by atoms with van der Waals surface area (Å²) >= 11 is 1.59. The van der Waals surface area contributed by atoms with Crippen molar-refractivity contribution in [1.29, 1.82) is 5.26 Å². The van der Waals surface area contributed by atoms with Gasteiger partial charge in [0.1, 0.15) is 23.5 Å². The van der Waals surface area contributed by atoms with Crippen molar-refractivity contribution in [2.45, 2.75) is 26.3 Å². The number of fused-ring (bicyclic) bond motifs is 1. The molecule has 2 aromatic heterocycles. The van der Waals surface area contributed by atoms with E-state index >= 15 is 0 Å². The number of nitrogens with zero attached hydrogens (tertiary/aromatic N) is 6. The Morgan fingerprint density at radius 1 is 1.27 bits per heavy atom. The van der Waals surface area contributed by atoms with Gasteiger partial charge in [-0.05, 0) is 44.7 Å². The van der Waals surface area contributed by atoms with Gasteiger partial charge in [-0.25, -0.2) is 13.8 Å². The molecule has 1 aromatic carbocycles. The van der Waals surface area contributed by atoms with E-state index in [0.717, 1.165) is 29.1 Å². The first-order valence-electron chi connectivity index (χ1n) is 9.56. The lowest BCUT2D eigenvalue weighted by Gasteiger charge is -2.45. The van der Waals surface area contributed by atoms with Crippen molar-refractivity contribution in [1.82, 2.24) is 18.9 Å². The van der Waals surface area contributed by atoms with Crippen LogP contribution in [0.4, 0.5) is 11.5 Å². The van der Waals surface area contributed by atoms with Crippen LogP contribution in [0.5, 0.6) is 0 Å². The molecule has 1 aliphatic heterocycles. The monoisotopic (exact) mass is 421 g/mol. The van der Waals surface area contributed by atoms with E-state index in [9.17, 15) is 10.1 Å². The summed E-state index contributed by atoms with van der Waals surface area (Å²) in [6, 6.07) is 9.86. The topological polar surface area (TPSA) is 104 Å². The maximum absolute atomic E-state index is 13.3. The summed E-state index contributed by atoms with van der Waals surface area (Å²) in [5.41, 5.74) is 9.74. The number of hydrogen-bond acceptors (Lipinski definition) is 7. The van der Waals surface area contributed by atoms with Crippen LogP contribution in [0.3, 0.4) is 0 Å². The van der Waals surface area contributed by atoms with Gasteiger partial charge in [0.05, 0.1) is 11.3 Å². The normalized spacial score (nSPS) is 16.8. The molecule has 3 heterocycles. The molecule has 4 rings (SSSR count). The molecular formula is C21H23N7OS. The van der Waals surface area contributed by atoms with E-state index in [0.29, 0.717) is 17.6 Å². The van der Waals surface area contributed by atoms with Crippen molar-refractivity contribution in [3.8, 4) is 17.3 Å². The first kappa shape index (κ1) is 20.2. The van der Waals surface area contributed by atoms with Gasteiger partial charge < -0.3 is 10.6 Å². The Labute approximate surface area is 179 Å². The first-order valence-corrected chi connectivity index (χ1v) is 10.7. The van der Waals surface area contributed by atoms with Crippen LogP contribution in [-0.2, 0) is 4.79 Å². The SMILES string of the molecule is CSN1CCN(c2cc(-c3cc(C#N)c4c(N)ncnn34)ccc2C)C(=O)C1(C)C. The summed E-state index contributed by atoms with van der Waals surface area (Å²) in [7, 11) is 0. The molecule has 0 atom stereocenters. The highest BCUT2D eigenvalue weighted by atomic mass is 32.2. The number of aromatic nitrogens is 3. The van der Waals surface area contributed by atoms with Crippen molar-refractivity contribution >= 4 is 34.9 Å². The standard InChI is InChI=1S/C21H23N7OS/c1-13-5-6-14(17-10-15(11-22)18-19(23)24-12-25-28(17)18)9-16(13)26-7-8-27(30-4)21(2,3)20(26)29/h5-6,9-10,12H,7-8H2,1-4H3,(H2,23,24,25). The minimum atomic E-state index is -0.600. The van der Waals surface area contributed by atoms with Crippen LogP contribution in [0.15, 0.2) is 30.6 Å². The molecule has 0 aliphatic carbocycles. The van der Waals surface area contributed by atoms with Crippen LogP contribution in [0.25, 0.3) is 16.8 Å². The van der Waals surface area contributed by atoms with Gasteiger partial charge in [-0.3, -0.25) is 4.79 Å². The fourth-order valence-electron chi connectivity index (χ4n) is 3.98. The minimum absolute atomic E-state index is 0.0626. The van der Waals surface area contributed by atoms with Gasteiger partial charge in [0.2, 0.25) is 5.91 Å². The van der Waals surface area contributed by atoms with Crippen molar-refractivity contribution in [2.75, 3.05) is 30.0 Å². The van der Waals surface area contributed by atoms with Crippen LogP contribution in [0.1, 0.15) is 25.0 Å². The van der Waals surface area contributed by atoms with Gasteiger partial charge in [-0.1, -0.05) is 24.1 Å². The van der Waals surface area contributed by atoms with E-state index in [1.165, 1.54) is 6.33 Å². The Balaban J connectivity index is 1.83. The predicted molar refractivity (Wildman–Crippen MR) is 119 cm³/mol. The average Bonchev–Trinajstić information content (AvgIpc) is 3.11. The summed E-state index contributed by atoms with van der Waals surface area (Å²) in [4.78, 5) is 19.2. The third kappa shape index (κ3) is 3.00. The molecule has 154 valence electrons. The molecule has 0 unspecified atom stereocenters. The second kappa shape index (κ2) is 7.31. The quantitative estimate of drug-likeness (QED) is 0.649. The number of benzene rings is 1. The fraction of sp³-hybridized carbons (Fsp3) is 0.333. The van der Waals surface area contributed by atoms with Crippen LogP contribution < -0.4 is 10.6 Å². The summed E-state index contributed by atoms with van der Waals surface area (Å²) in [5.74, 6) is 0.318. The molecule has 0 bridgehead atoms. The molecule has 0 spiro atoms. The zero-order chi connectivity index (χ0) is 21.6. The third-order valence-electron chi connectivity index (χ3n) is 5.64. The smallest absolute Gasteiger partial charge is 0.247 e. The number of carbonyl (C=O) groups excluding carboxylic acids is 1. The van der Waals surface area contributed by atoms with E-state index in [1.807, 2.05) is 50.1 Å². The molecule has 1 fully saturated rings. The Bertz CT molecular complexity index is 1190. The van der Waals surface area contributed by atoms with Gasteiger partial charge in [-0.2, -0.15) is 10.4 Å². The Hall–Kier alpha value is -3.09. The molecule has 1 amide bonds. The van der Waals surface area contributed by atoms with Crippen LogP contribution in [0, 0.1) is 18.3 Å². The highest BCUT2D eigenvalue weighted by Crippen LogP contribution is 2.35. The maximum Gasteiger partial charge on any atom is 0.247 e. The largest absolute Gasteiger partial charge is 0.382 e. The van der Waals surface area contributed by atoms with Crippen LogP contribution >= 0.6 is 11.9 Å². The lowest BCUT2D eigenvalue weighted by molar-refractivity contribution is -0.127. The van der Waals surface area contributed by atoms with E-state index in [2.05, 4.69) is 20.5 Å². The molecule has 1 saturated heterocycles. The van der Waals surface area contributed by atoms with E-state index in [1.54, 1.807) is 22.5 Å². The molecule has 3 aromatic rings. The summed E-state index contributed by atoms with van der Waals surface area (Å²) < 4.78 is 3.75. The number of nitriles is 1. The number of nitrogens with two attached hydrogens (primary N) is 1. The number of nitrogen functional groups attached to an aromatic ring is 1. The molecule has 30 heavy (non-hydrogen) atoms. The fourth-order valence-corrected chi connectivity index (χ4v) is 4.78. The molecule has 0 radical (unpaired) electrons. The highest BCUT2D eigenvalue weighted by molar-refractivity contribution is 7.96. The number of amides is 1. The van der Waals surface area contributed by atoms with Gasteiger partial charge in [0.25, 0.3) is 0 Å². The molecule has 8 nitrogen and oxygen atoms in total. The minimum Gasteiger partial charge on any atom is -0.382 e. The van der Waals surface area contributed by atoms with E-state index < -0.39 is 5.54 Å². The second-order valence-corrected chi connectivity index (χ2v) is 8.57. The number of carbonyl (C=O) groups is 1. The molecule has 0 saturated carbocycles. The number of hydrogen-bond donors (Lipinski definition) is 1. The molecule has 1 aliphatic rings. The van der Waals surface area contributed by atoms with Gasteiger partial charge >= 0.3 is 0 Å². The van der Waals surface area contributed by atoms with Gasteiger partial charge in [0.15, 0.2) is 5.82 Å². The lowest BCUT2D eigenvalue weighted by Crippen LogP contribution is -2.61. The van der Waals surface area contributed by atoms with Crippen LogP contribution in [0.2, 0.25) is 0 Å².